The van der Waals surface area contributed by atoms with Gasteiger partial charge in [-0.3, -0.25) is 9.59 Å². The number of carbonyl (C=O) groups excluding carboxylic acids is 2. The van der Waals surface area contributed by atoms with E-state index in [1.807, 2.05) is 4.90 Å². The molecule has 0 atom stereocenters. The largest absolute Gasteiger partial charge is 0.497 e. The highest BCUT2D eigenvalue weighted by Crippen LogP contribution is 2.31. The van der Waals surface area contributed by atoms with E-state index in [-0.39, 0.29) is 11.8 Å². The summed E-state index contributed by atoms with van der Waals surface area (Å²) in [5.41, 5.74) is -0.625. The second-order valence-electron chi connectivity index (χ2n) is 6.85. The zero-order valence-corrected chi connectivity index (χ0v) is 15.6. The van der Waals surface area contributed by atoms with Crippen LogP contribution in [-0.4, -0.2) is 44.0 Å². The van der Waals surface area contributed by atoms with Crippen LogP contribution in [-0.2, 0) is 9.59 Å². The Hall–Kier alpha value is -2.24. The number of likely N-dealkylation sites (tertiary alicyclic amines) is 1. The molecular formula is C19H28N2O4. The van der Waals surface area contributed by atoms with E-state index in [4.69, 9.17) is 9.47 Å². The summed E-state index contributed by atoms with van der Waals surface area (Å²) in [5, 5.41) is 2.82. The Morgan fingerprint density at radius 2 is 1.68 bits per heavy atom. The van der Waals surface area contributed by atoms with Crippen molar-refractivity contribution in [1.29, 1.82) is 0 Å². The van der Waals surface area contributed by atoms with E-state index in [2.05, 4.69) is 5.32 Å². The number of nitrogens with zero attached hydrogens (tertiary/aromatic N) is 1. The van der Waals surface area contributed by atoms with Crippen LogP contribution in [0.4, 0.5) is 5.69 Å². The predicted octanol–water partition coefficient (Wildman–Crippen LogP) is 3.07. The molecule has 6 heteroatoms. The van der Waals surface area contributed by atoms with Gasteiger partial charge in [-0.2, -0.15) is 0 Å². The fourth-order valence-corrected chi connectivity index (χ4v) is 2.95. The van der Waals surface area contributed by atoms with E-state index >= 15 is 0 Å². The summed E-state index contributed by atoms with van der Waals surface area (Å²) < 4.78 is 10.5. The molecule has 2 rings (SSSR count). The van der Waals surface area contributed by atoms with E-state index in [1.165, 1.54) is 7.11 Å². The molecule has 138 valence electrons. The van der Waals surface area contributed by atoms with Crippen LogP contribution in [0.5, 0.6) is 11.5 Å². The first-order valence-corrected chi connectivity index (χ1v) is 8.73. The molecule has 0 spiro atoms. The molecule has 1 N–H and O–H groups in total. The molecule has 6 nitrogen and oxygen atoms in total. The third-order valence-electron chi connectivity index (χ3n) is 4.65. The van der Waals surface area contributed by atoms with E-state index in [1.54, 1.807) is 39.2 Å². The van der Waals surface area contributed by atoms with Crippen LogP contribution < -0.4 is 14.8 Å². The molecule has 25 heavy (non-hydrogen) atoms. The highest BCUT2D eigenvalue weighted by Gasteiger charge is 2.39. The summed E-state index contributed by atoms with van der Waals surface area (Å²) in [5.74, 6) is 0.657. The standard InChI is InChI=1S/C19H28N2O4/c1-19(2,18(23)21-11-7-5-6-8-12-21)17(22)20-15-10-9-14(24-3)13-16(15)25-4/h9-10,13H,5-8,11-12H2,1-4H3,(H,20,22). The van der Waals surface area contributed by atoms with Gasteiger partial charge >= 0.3 is 0 Å². The normalized spacial score (nSPS) is 15.3. The van der Waals surface area contributed by atoms with Crippen molar-refractivity contribution in [1.82, 2.24) is 4.90 Å². The zero-order chi connectivity index (χ0) is 18.4. The SMILES string of the molecule is COc1ccc(NC(=O)C(C)(C)C(=O)N2CCCCCC2)c(OC)c1. The Kier molecular flexibility index (Phi) is 6.28. The van der Waals surface area contributed by atoms with E-state index in [0.717, 1.165) is 38.8 Å². The second kappa shape index (κ2) is 8.23. The number of amides is 2. The number of hydrogen-bond donors (Lipinski definition) is 1. The predicted molar refractivity (Wildman–Crippen MR) is 97.0 cm³/mol. The lowest BCUT2D eigenvalue weighted by Crippen LogP contribution is -2.47. The second-order valence-corrected chi connectivity index (χ2v) is 6.85. The maximum atomic E-state index is 12.9. The van der Waals surface area contributed by atoms with E-state index in [0.29, 0.717) is 17.2 Å². The maximum Gasteiger partial charge on any atom is 0.239 e. The number of hydrogen-bond acceptors (Lipinski definition) is 4. The zero-order valence-electron chi connectivity index (χ0n) is 15.6. The molecule has 1 fully saturated rings. The fourth-order valence-electron chi connectivity index (χ4n) is 2.95. The molecule has 0 aromatic heterocycles. The van der Waals surface area contributed by atoms with Crippen LogP contribution in [0.3, 0.4) is 0 Å². The average molecular weight is 348 g/mol. The monoisotopic (exact) mass is 348 g/mol. The van der Waals surface area contributed by atoms with Crippen molar-refractivity contribution in [2.45, 2.75) is 39.5 Å². The van der Waals surface area contributed by atoms with Crippen LogP contribution in [0.25, 0.3) is 0 Å². The lowest BCUT2D eigenvalue weighted by Gasteiger charge is -2.30. The number of rotatable bonds is 5. The fraction of sp³-hybridized carbons (Fsp3) is 0.579. The van der Waals surface area contributed by atoms with Crippen LogP contribution in [0, 0.1) is 5.41 Å². The molecule has 1 aliphatic rings. The maximum absolute atomic E-state index is 12.9. The van der Waals surface area contributed by atoms with E-state index < -0.39 is 5.41 Å². The minimum atomic E-state index is -1.14. The van der Waals surface area contributed by atoms with Gasteiger partial charge in [-0.15, -0.1) is 0 Å². The summed E-state index contributed by atoms with van der Waals surface area (Å²) in [6, 6.07) is 5.14. The first kappa shape index (κ1) is 19.1. The number of ether oxygens (including phenoxy) is 2. The minimum Gasteiger partial charge on any atom is -0.497 e. The molecule has 0 aliphatic carbocycles. The van der Waals surface area contributed by atoms with Gasteiger partial charge in [-0.1, -0.05) is 12.8 Å². The molecule has 1 aromatic carbocycles. The Balaban J connectivity index is 2.13. The smallest absolute Gasteiger partial charge is 0.239 e. The third-order valence-corrected chi connectivity index (χ3v) is 4.65. The van der Waals surface area contributed by atoms with Gasteiger partial charge in [-0.05, 0) is 38.8 Å². The van der Waals surface area contributed by atoms with Gasteiger partial charge in [0.15, 0.2) is 0 Å². The summed E-state index contributed by atoms with van der Waals surface area (Å²) in [7, 11) is 3.09. The van der Waals surface area contributed by atoms with Gasteiger partial charge in [0.25, 0.3) is 0 Å². The number of methoxy groups -OCH3 is 2. The van der Waals surface area contributed by atoms with Gasteiger partial charge < -0.3 is 19.7 Å². The summed E-state index contributed by atoms with van der Waals surface area (Å²) in [6.45, 7) is 4.79. The molecule has 0 unspecified atom stereocenters. The number of carbonyl (C=O) groups is 2. The highest BCUT2D eigenvalue weighted by molar-refractivity contribution is 6.10. The Morgan fingerprint density at radius 3 is 2.24 bits per heavy atom. The number of anilines is 1. The van der Waals surface area contributed by atoms with Gasteiger partial charge in [0.05, 0.1) is 19.9 Å². The van der Waals surface area contributed by atoms with Gasteiger partial charge in [-0.25, -0.2) is 0 Å². The summed E-state index contributed by atoms with van der Waals surface area (Å²) in [4.78, 5) is 27.5. The Bertz CT molecular complexity index is 620. The topological polar surface area (TPSA) is 67.9 Å². The third kappa shape index (κ3) is 4.44. The van der Waals surface area contributed by atoms with Crippen molar-refractivity contribution in [3.8, 4) is 11.5 Å². The van der Waals surface area contributed by atoms with Crippen LogP contribution in [0.1, 0.15) is 39.5 Å². The van der Waals surface area contributed by atoms with Gasteiger partial charge in [0, 0.05) is 19.2 Å². The molecular weight excluding hydrogens is 320 g/mol. The van der Waals surface area contributed by atoms with Crippen LogP contribution in [0.2, 0.25) is 0 Å². The molecule has 1 heterocycles. The first-order valence-electron chi connectivity index (χ1n) is 8.73. The molecule has 1 aliphatic heterocycles. The van der Waals surface area contributed by atoms with Crippen molar-refractivity contribution < 1.29 is 19.1 Å². The molecule has 0 saturated carbocycles. The number of nitrogens with one attached hydrogen (secondary N) is 1. The quantitative estimate of drug-likeness (QED) is 0.831. The summed E-state index contributed by atoms with van der Waals surface area (Å²) in [6.07, 6.45) is 4.27. The molecule has 1 aromatic rings. The Morgan fingerprint density at radius 1 is 1.04 bits per heavy atom. The lowest BCUT2D eigenvalue weighted by molar-refractivity contribution is -0.146. The Labute approximate surface area is 149 Å². The van der Waals surface area contributed by atoms with Crippen molar-refractivity contribution in [3.05, 3.63) is 18.2 Å². The van der Waals surface area contributed by atoms with Gasteiger partial charge in [0.1, 0.15) is 16.9 Å². The molecule has 0 radical (unpaired) electrons. The van der Waals surface area contributed by atoms with Crippen LogP contribution in [0.15, 0.2) is 18.2 Å². The van der Waals surface area contributed by atoms with Crippen molar-refractivity contribution in [3.63, 3.8) is 0 Å². The van der Waals surface area contributed by atoms with Crippen molar-refractivity contribution >= 4 is 17.5 Å². The minimum absolute atomic E-state index is 0.126. The summed E-state index contributed by atoms with van der Waals surface area (Å²) >= 11 is 0. The first-order chi connectivity index (χ1) is 11.9. The average Bonchev–Trinajstić information content (AvgIpc) is 2.90. The molecule has 2 amide bonds. The molecule has 1 saturated heterocycles. The number of benzene rings is 1. The van der Waals surface area contributed by atoms with E-state index in [9.17, 15) is 9.59 Å². The lowest BCUT2D eigenvalue weighted by atomic mass is 9.90. The van der Waals surface area contributed by atoms with Crippen molar-refractivity contribution in [2.75, 3.05) is 32.6 Å². The van der Waals surface area contributed by atoms with Crippen molar-refractivity contribution in [2.24, 2.45) is 5.41 Å². The highest BCUT2D eigenvalue weighted by atomic mass is 16.5. The van der Waals surface area contributed by atoms with Gasteiger partial charge in [0.2, 0.25) is 11.8 Å². The van der Waals surface area contributed by atoms with Crippen LogP contribution >= 0.6 is 0 Å². The molecule has 0 bridgehead atoms.